The summed E-state index contributed by atoms with van der Waals surface area (Å²) in [5, 5.41) is 0. The number of rotatable bonds is 2. The summed E-state index contributed by atoms with van der Waals surface area (Å²) in [7, 11) is 4.64. The minimum atomic E-state index is 0.750. The van der Waals surface area contributed by atoms with Crippen LogP contribution in [-0.2, 0) is 0 Å². The molecule has 0 radical (unpaired) electrons. The van der Waals surface area contributed by atoms with Crippen LogP contribution >= 0.6 is 0 Å². The van der Waals surface area contributed by atoms with Crippen LogP contribution in [0.5, 0.6) is 0 Å². The van der Waals surface area contributed by atoms with E-state index in [0.717, 1.165) is 16.6 Å². The van der Waals surface area contributed by atoms with Crippen molar-refractivity contribution in [2.45, 2.75) is 39.3 Å². The molecule has 0 amide bonds. The van der Waals surface area contributed by atoms with Crippen LogP contribution in [0.4, 0.5) is 0 Å². The van der Waals surface area contributed by atoms with E-state index in [9.17, 15) is 0 Å². The second-order valence-electron chi connectivity index (χ2n) is 4.88. The fraction of sp³-hybridized carbons (Fsp3) is 1.00. The quantitative estimate of drug-likeness (QED) is 0.569. The van der Waals surface area contributed by atoms with Crippen molar-refractivity contribution in [1.29, 1.82) is 0 Å². The third-order valence-corrected chi connectivity index (χ3v) is 3.03. The molecule has 2 heteroatoms. The minimum absolute atomic E-state index is 0.750. The summed E-state index contributed by atoms with van der Waals surface area (Å²) in [5.74, 6) is 0. The highest BCUT2D eigenvalue weighted by molar-refractivity contribution is 4.74. The molecule has 0 bridgehead atoms. The Labute approximate surface area is 76.7 Å². The molecule has 0 N–H and O–H groups in total. The third-order valence-electron chi connectivity index (χ3n) is 3.03. The second kappa shape index (κ2) is 3.35. The fourth-order valence-electron chi connectivity index (χ4n) is 2.27. The molecule has 12 heavy (non-hydrogen) atoms. The van der Waals surface area contributed by atoms with E-state index in [1.54, 1.807) is 0 Å². The van der Waals surface area contributed by atoms with Gasteiger partial charge in [0.05, 0.1) is 26.7 Å². The van der Waals surface area contributed by atoms with Crippen LogP contribution in [0.1, 0.15) is 27.2 Å². The predicted octanol–water partition coefficient (Wildman–Crippen LogP) is 1.52. The second-order valence-corrected chi connectivity index (χ2v) is 4.88. The summed E-state index contributed by atoms with van der Waals surface area (Å²) in [6.45, 7) is 9.47. The highest BCUT2D eigenvalue weighted by atomic mass is 15.5. The zero-order chi connectivity index (χ0) is 9.35. The molecule has 0 aromatic heterocycles. The van der Waals surface area contributed by atoms with E-state index in [1.165, 1.54) is 19.6 Å². The van der Waals surface area contributed by atoms with E-state index < -0.39 is 0 Å². The van der Waals surface area contributed by atoms with E-state index in [0.29, 0.717) is 0 Å². The van der Waals surface area contributed by atoms with Crippen LogP contribution in [0, 0.1) is 0 Å². The van der Waals surface area contributed by atoms with Crippen LogP contribution in [0.15, 0.2) is 0 Å². The van der Waals surface area contributed by atoms with Crippen molar-refractivity contribution in [1.82, 2.24) is 4.90 Å². The van der Waals surface area contributed by atoms with Gasteiger partial charge in [0.1, 0.15) is 6.67 Å². The van der Waals surface area contributed by atoms with Crippen molar-refractivity contribution in [2.24, 2.45) is 0 Å². The molecular weight excluding hydrogens is 148 g/mol. The topological polar surface area (TPSA) is 3.24 Å². The van der Waals surface area contributed by atoms with Gasteiger partial charge in [0, 0.05) is 6.04 Å². The highest BCUT2D eigenvalue weighted by Gasteiger charge is 2.36. The fourth-order valence-corrected chi connectivity index (χ4v) is 2.27. The van der Waals surface area contributed by atoms with Gasteiger partial charge in [-0.05, 0) is 20.3 Å². The first-order chi connectivity index (χ1) is 5.46. The number of quaternary nitrogens is 1. The number of hydrogen-bond acceptors (Lipinski definition) is 1. The molecule has 1 aliphatic rings. The number of nitrogens with zero attached hydrogens (tertiary/aromatic N) is 2. The van der Waals surface area contributed by atoms with Crippen molar-refractivity contribution < 1.29 is 4.48 Å². The first-order valence-electron chi connectivity index (χ1n) is 5.04. The van der Waals surface area contributed by atoms with Gasteiger partial charge in [-0.3, -0.25) is 0 Å². The highest BCUT2D eigenvalue weighted by Crippen LogP contribution is 2.20. The summed E-state index contributed by atoms with van der Waals surface area (Å²) >= 11 is 0. The molecular formula is C10H23N2+. The molecule has 72 valence electrons. The molecule has 2 unspecified atom stereocenters. The maximum Gasteiger partial charge on any atom is 0.135 e. The number of likely N-dealkylation sites (N-methyl/N-ethyl adjacent to an activating group) is 1. The van der Waals surface area contributed by atoms with Crippen LogP contribution in [0.25, 0.3) is 0 Å². The normalized spacial score (nSPS) is 32.2. The van der Waals surface area contributed by atoms with Gasteiger partial charge in [-0.25, -0.2) is 4.90 Å². The zero-order valence-corrected chi connectivity index (χ0v) is 9.17. The molecule has 2 nitrogen and oxygen atoms in total. The van der Waals surface area contributed by atoms with Gasteiger partial charge in [-0.1, -0.05) is 6.92 Å². The van der Waals surface area contributed by atoms with Crippen LogP contribution in [-0.4, -0.2) is 48.8 Å². The molecule has 1 saturated heterocycles. The Kier molecular flexibility index (Phi) is 2.79. The molecule has 0 aliphatic carbocycles. The summed E-state index contributed by atoms with van der Waals surface area (Å²) < 4.78 is 1.16. The van der Waals surface area contributed by atoms with Crippen LogP contribution in [0.2, 0.25) is 0 Å². The lowest BCUT2D eigenvalue weighted by atomic mass is 10.2. The van der Waals surface area contributed by atoms with E-state index in [4.69, 9.17) is 0 Å². The zero-order valence-electron chi connectivity index (χ0n) is 9.17. The Hall–Kier alpha value is -0.0800. The van der Waals surface area contributed by atoms with E-state index in [-0.39, 0.29) is 0 Å². The van der Waals surface area contributed by atoms with Gasteiger partial charge in [-0.15, -0.1) is 0 Å². The molecule has 0 aromatic carbocycles. The molecule has 1 heterocycles. The SMILES string of the molecule is CCC(C)N1C[N+](C)(C)CC1C. The monoisotopic (exact) mass is 171 g/mol. The van der Waals surface area contributed by atoms with Crippen molar-refractivity contribution >= 4 is 0 Å². The Morgan fingerprint density at radius 1 is 1.50 bits per heavy atom. The molecule has 1 aliphatic heterocycles. The van der Waals surface area contributed by atoms with E-state index in [1.807, 2.05) is 0 Å². The van der Waals surface area contributed by atoms with Gasteiger partial charge >= 0.3 is 0 Å². The van der Waals surface area contributed by atoms with Gasteiger partial charge in [0.25, 0.3) is 0 Å². The summed E-state index contributed by atoms with van der Waals surface area (Å²) in [5.41, 5.74) is 0. The predicted molar refractivity (Wildman–Crippen MR) is 52.9 cm³/mol. The van der Waals surface area contributed by atoms with Gasteiger partial charge in [0.2, 0.25) is 0 Å². The molecule has 1 rings (SSSR count). The van der Waals surface area contributed by atoms with E-state index in [2.05, 4.69) is 39.8 Å². The first kappa shape index (κ1) is 10.0. The molecule has 0 spiro atoms. The summed E-state index contributed by atoms with van der Waals surface area (Å²) in [6.07, 6.45) is 1.27. The standard InChI is InChI=1S/C10H23N2/c1-6-9(2)11-8-12(4,5)7-10(11)3/h9-10H,6-8H2,1-5H3/q+1. The van der Waals surface area contributed by atoms with Crippen LogP contribution < -0.4 is 0 Å². The molecule has 0 saturated carbocycles. The third kappa shape index (κ3) is 1.99. The van der Waals surface area contributed by atoms with Gasteiger partial charge in [0.15, 0.2) is 0 Å². The molecule has 0 aromatic rings. The molecule has 2 atom stereocenters. The van der Waals surface area contributed by atoms with Gasteiger partial charge < -0.3 is 4.48 Å². The summed E-state index contributed by atoms with van der Waals surface area (Å²) in [6, 6.07) is 1.51. The Bertz CT molecular complexity index is 154. The summed E-state index contributed by atoms with van der Waals surface area (Å²) in [4.78, 5) is 2.62. The Morgan fingerprint density at radius 2 is 2.08 bits per heavy atom. The average Bonchev–Trinajstić information content (AvgIpc) is 2.23. The lowest BCUT2D eigenvalue weighted by molar-refractivity contribution is -0.883. The van der Waals surface area contributed by atoms with Crippen molar-refractivity contribution in [3.05, 3.63) is 0 Å². The maximum atomic E-state index is 2.62. The van der Waals surface area contributed by atoms with Crippen LogP contribution in [0.3, 0.4) is 0 Å². The Balaban J connectivity index is 2.57. The van der Waals surface area contributed by atoms with Crippen molar-refractivity contribution in [3.8, 4) is 0 Å². The van der Waals surface area contributed by atoms with Crippen molar-refractivity contribution in [3.63, 3.8) is 0 Å². The average molecular weight is 171 g/mol. The smallest absolute Gasteiger partial charge is 0.135 e. The molecule has 1 fully saturated rings. The minimum Gasteiger partial charge on any atom is -0.315 e. The Morgan fingerprint density at radius 3 is 2.42 bits per heavy atom. The van der Waals surface area contributed by atoms with Gasteiger partial charge in [-0.2, -0.15) is 0 Å². The van der Waals surface area contributed by atoms with Crippen molar-refractivity contribution in [2.75, 3.05) is 27.3 Å². The maximum absolute atomic E-state index is 2.62. The van der Waals surface area contributed by atoms with E-state index >= 15 is 0 Å². The number of hydrogen-bond donors (Lipinski definition) is 0. The lowest BCUT2D eigenvalue weighted by Crippen LogP contribution is -2.40. The lowest BCUT2D eigenvalue weighted by Gasteiger charge is -2.26. The first-order valence-corrected chi connectivity index (χ1v) is 5.04. The largest absolute Gasteiger partial charge is 0.315 e.